The fourth-order valence-corrected chi connectivity index (χ4v) is 4.43. The Morgan fingerprint density at radius 1 is 1.21 bits per heavy atom. The molecular formula is C19H27F3N2O3Si. The Kier molecular flexibility index (Phi) is 6.92. The van der Waals surface area contributed by atoms with Gasteiger partial charge in [-0.25, -0.2) is 0 Å². The molecule has 0 saturated carbocycles. The number of nitrogens with zero attached hydrogens (tertiary/aromatic N) is 1. The minimum absolute atomic E-state index is 0.0711. The number of nitrogens with one attached hydrogen (secondary N) is 1. The van der Waals surface area contributed by atoms with Crippen molar-refractivity contribution in [1.82, 2.24) is 10.2 Å². The largest absolute Gasteiger partial charge is 0.471 e. The highest BCUT2D eigenvalue weighted by Crippen LogP contribution is 2.28. The number of hydrogen-bond donors (Lipinski definition) is 1. The first-order chi connectivity index (χ1) is 12.9. The van der Waals surface area contributed by atoms with Crippen molar-refractivity contribution in [1.29, 1.82) is 0 Å². The van der Waals surface area contributed by atoms with E-state index < -0.39 is 44.5 Å². The maximum absolute atomic E-state index is 12.8. The lowest BCUT2D eigenvalue weighted by Gasteiger charge is -2.33. The zero-order valence-corrected chi connectivity index (χ0v) is 17.5. The monoisotopic (exact) mass is 416 g/mol. The highest BCUT2D eigenvalue weighted by atomic mass is 28.4. The van der Waals surface area contributed by atoms with Gasteiger partial charge in [0, 0.05) is 6.54 Å². The maximum Gasteiger partial charge on any atom is 0.471 e. The van der Waals surface area contributed by atoms with Gasteiger partial charge in [0.25, 0.3) is 0 Å². The molecule has 1 aromatic rings. The second-order valence-corrected chi connectivity index (χ2v) is 12.5. The van der Waals surface area contributed by atoms with Crippen LogP contribution in [0.1, 0.15) is 31.4 Å². The van der Waals surface area contributed by atoms with Gasteiger partial charge >= 0.3 is 12.1 Å². The molecule has 0 unspecified atom stereocenters. The van der Waals surface area contributed by atoms with E-state index in [0.29, 0.717) is 11.3 Å². The van der Waals surface area contributed by atoms with Gasteiger partial charge in [-0.15, -0.1) is 0 Å². The van der Waals surface area contributed by atoms with Crippen molar-refractivity contribution in [2.24, 2.45) is 0 Å². The average molecular weight is 417 g/mol. The summed E-state index contributed by atoms with van der Waals surface area (Å²) in [6, 6.07) is 7.81. The number of likely N-dealkylation sites (tertiary alicyclic amines) is 1. The maximum atomic E-state index is 12.8. The molecule has 1 N–H and O–H groups in total. The Morgan fingerprint density at radius 2 is 1.82 bits per heavy atom. The van der Waals surface area contributed by atoms with Crippen molar-refractivity contribution < 1.29 is 27.2 Å². The van der Waals surface area contributed by atoms with Gasteiger partial charge < -0.3 is 14.6 Å². The molecular weight excluding hydrogens is 389 g/mol. The third kappa shape index (κ3) is 5.81. The molecule has 0 radical (unpaired) electrons. The predicted molar refractivity (Wildman–Crippen MR) is 102 cm³/mol. The lowest BCUT2D eigenvalue weighted by Crippen LogP contribution is -2.52. The summed E-state index contributed by atoms with van der Waals surface area (Å²) in [6.45, 7) is 7.77. The second-order valence-electron chi connectivity index (χ2n) is 8.01. The van der Waals surface area contributed by atoms with Crippen LogP contribution in [0.15, 0.2) is 30.3 Å². The van der Waals surface area contributed by atoms with Crippen LogP contribution in [-0.2, 0) is 14.0 Å². The highest BCUT2D eigenvalue weighted by molar-refractivity contribution is 6.69. The van der Waals surface area contributed by atoms with Crippen LogP contribution in [0.5, 0.6) is 0 Å². The molecule has 0 spiro atoms. The Balaban J connectivity index is 2.14. The molecule has 1 heterocycles. The quantitative estimate of drug-likeness (QED) is 0.721. The molecule has 2 amide bonds. The summed E-state index contributed by atoms with van der Waals surface area (Å²) in [4.78, 5) is 24.9. The van der Waals surface area contributed by atoms with Crippen LogP contribution in [0.2, 0.25) is 19.6 Å². The number of carbonyl (C=O) groups excluding carboxylic acids is 2. The summed E-state index contributed by atoms with van der Waals surface area (Å²) >= 11 is 0. The van der Waals surface area contributed by atoms with Crippen molar-refractivity contribution in [3.05, 3.63) is 35.9 Å². The summed E-state index contributed by atoms with van der Waals surface area (Å²) in [7, 11) is -1.97. The molecule has 0 bridgehead atoms. The number of rotatable bonds is 6. The SMILES string of the molecule is C[C@H](NC(=O)[C@@H]1CCCN1C(=O)C(F)(F)F)[C@H](O[Si](C)(C)C)c1ccccc1. The predicted octanol–water partition coefficient (Wildman–Crippen LogP) is 3.64. The van der Waals surface area contributed by atoms with Gasteiger partial charge in [-0.2, -0.15) is 13.2 Å². The summed E-state index contributed by atoms with van der Waals surface area (Å²) < 4.78 is 44.6. The average Bonchev–Trinajstić information content (AvgIpc) is 3.07. The number of alkyl halides is 3. The molecule has 3 atom stereocenters. The van der Waals surface area contributed by atoms with Gasteiger partial charge in [-0.1, -0.05) is 30.3 Å². The van der Waals surface area contributed by atoms with E-state index in [1.54, 1.807) is 6.92 Å². The van der Waals surface area contributed by atoms with Crippen LogP contribution in [0.3, 0.4) is 0 Å². The van der Waals surface area contributed by atoms with Crippen molar-refractivity contribution >= 4 is 20.1 Å². The van der Waals surface area contributed by atoms with E-state index in [9.17, 15) is 22.8 Å². The molecule has 156 valence electrons. The first-order valence-electron chi connectivity index (χ1n) is 9.31. The Bertz CT molecular complexity index is 692. The van der Waals surface area contributed by atoms with Gasteiger partial charge in [-0.3, -0.25) is 9.59 Å². The van der Waals surface area contributed by atoms with E-state index in [0.717, 1.165) is 5.56 Å². The van der Waals surface area contributed by atoms with E-state index in [2.05, 4.69) is 5.32 Å². The number of hydrogen-bond acceptors (Lipinski definition) is 3. The zero-order chi connectivity index (χ0) is 21.1. The Morgan fingerprint density at radius 3 is 2.36 bits per heavy atom. The molecule has 1 saturated heterocycles. The normalized spacial score (nSPS) is 20.0. The van der Waals surface area contributed by atoms with Gasteiger partial charge in [-0.05, 0) is 45.0 Å². The van der Waals surface area contributed by atoms with Crippen LogP contribution in [0.25, 0.3) is 0 Å². The molecule has 5 nitrogen and oxygen atoms in total. The van der Waals surface area contributed by atoms with E-state index in [1.807, 2.05) is 50.0 Å². The molecule has 1 aliphatic heterocycles. The van der Waals surface area contributed by atoms with Crippen molar-refractivity contribution in [2.75, 3.05) is 6.54 Å². The van der Waals surface area contributed by atoms with Crippen LogP contribution in [-0.4, -0.2) is 49.8 Å². The number of halogens is 3. The van der Waals surface area contributed by atoms with Crippen molar-refractivity contribution in [3.63, 3.8) is 0 Å². The van der Waals surface area contributed by atoms with Crippen LogP contribution in [0, 0.1) is 0 Å². The van der Waals surface area contributed by atoms with Crippen molar-refractivity contribution in [2.45, 2.75) is 63.8 Å². The third-order valence-electron chi connectivity index (χ3n) is 4.49. The smallest absolute Gasteiger partial charge is 0.409 e. The molecule has 9 heteroatoms. The molecule has 2 rings (SSSR count). The van der Waals surface area contributed by atoms with E-state index in [-0.39, 0.29) is 13.0 Å². The van der Waals surface area contributed by atoms with Gasteiger partial charge in [0.2, 0.25) is 5.91 Å². The number of amides is 2. The third-order valence-corrected chi connectivity index (χ3v) is 5.45. The van der Waals surface area contributed by atoms with Crippen molar-refractivity contribution in [3.8, 4) is 0 Å². The number of benzene rings is 1. The fourth-order valence-electron chi connectivity index (χ4n) is 3.32. The molecule has 0 aliphatic carbocycles. The first kappa shape index (κ1) is 22.4. The summed E-state index contributed by atoms with van der Waals surface area (Å²) in [5, 5.41) is 2.78. The van der Waals surface area contributed by atoms with Gasteiger partial charge in [0.1, 0.15) is 6.04 Å². The topological polar surface area (TPSA) is 58.6 Å². The summed E-state index contributed by atoms with van der Waals surface area (Å²) in [6.07, 6.45) is -4.83. The molecule has 1 aromatic carbocycles. The minimum atomic E-state index is -4.98. The fraction of sp³-hybridized carbons (Fsp3) is 0.579. The van der Waals surface area contributed by atoms with Crippen LogP contribution >= 0.6 is 0 Å². The summed E-state index contributed by atoms with van der Waals surface area (Å²) in [5.41, 5.74) is 0.882. The lowest BCUT2D eigenvalue weighted by atomic mass is 10.0. The highest BCUT2D eigenvalue weighted by Gasteiger charge is 2.48. The molecule has 0 aromatic heterocycles. The summed E-state index contributed by atoms with van der Waals surface area (Å²) in [5.74, 6) is -2.54. The van der Waals surface area contributed by atoms with Crippen LogP contribution in [0.4, 0.5) is 13.2 Å². The first-order valence-corrected chi connectivity index (χ1v) is 12.7. The van der Waals surface area contributed by atoms with E-state index >= 15 is 0 Å². The van der Waals surface area contributed by atoms with Gasteiger partial charge in [0.15, 0.2) is 8.32 Å². The van der Waals surface area contributed by atoms with E-state index in [1.165, 1.54) is 0 Å². The standard InChI is InChI=1S/C19H27F3N2O3Si/c1-13(16(27-28(2,3)4)14-9-6-5-7-10-14)23-17(25)15-11-8-12-24(15)18(26)19(20,21)22/h5-7,9-10,13,15-16H,8,11-12H2,1-4H3,(H,23,25)/t13-,15-,16-/m0/s1. The molecule has 1 fully saturated rings. The van der Waals surface area contributed by atoms with E-state index in [4.69, 9.17) is 4.43 Å². The van der Waals surface area contributed by atoms with Gasteiger partial charge in [0.05, 0.1) is 12.1 Å². The van der Waals surface area contributed by atoms with Crippen LogP contribution < -0.4 is 5.32 Å². The zero-order valence-electron chi connectivity index (χ0n) is 16.5. The second kappa shape index (κ2) is 8.65. The lowest BCUT2D eigenvalue weighted by molar-refractivity contribution is -0.186. The minimum Gasteiger partial charge on any atom is -0.409 e. The Hall–Kier alpha value is -1.87. The number of carbonyl (C=O) groups is 2. The Labute approximate surface area is 164 Å². The molecule has 1 aliphatic rings. The molecule has 28 heavy (non-hydrogen) atoms.